The molecule has 0 atom stereocenters. The van der Waals surface area contributed by atoms with E-state index in [4.69, 9.17) is 9.26 Å². The van der Waals surface area contributed by atoms with E-state index in [1.165, 1.54) is 13.3 Å². The van der Waals surface area contributed by atoms with Crippen LogP contribution in [0.15, 0.2) is 22.9 Å². The van der Waals surface area contributed by atoms with Crippen molar-refractivity contribution in [2.45, 2.75) is 26.4 Å². The second-order valence-electron chi connectivity index (χ2n) is 6.02. The summed E-state index contributed by atoms with van der Waals surface area (Å²) < 4.78 is 12.1. The van der Waals surface area contributed by atoms with Gasteiger partial charge < -0.3 is 14.2 Å². The first-order valence-corrected chi connectivity index (χ1v) is 8.27. The maximum atomic E-state index is 12.8. The van der Waals surface area contributed by atoms with E-state index in [2.05, 4.69) is 20.2 Å². The van der Waals surface area contributed by atoms with Crippen molar-refractivity contribution in [3.05, 3.63) is 41.0 Å². The number of methoxy groups -OCH3 is 1. The summed E-state index contributed by atoms with van der Waals surface area (Å²) in [6.45, 7) is 2.87. The topological polar surface area (TPSA) is 99.2 Å². The molecule has 0 saturated heterocycles. The lowest BCUT2D eigenvalue weighted by atomic mass is 10.2. The van der Waals surface area contributed by atoms with Crippen LogP contribution in [0.5, 0.6) is 5.88 Å². The Morgan fingerprint density at radius 2 is 2.19 bits per heavy atom. The van der Waals surface area contributed by atoms with Crippen molar-refractivity contribution >= 4 is 5.91 Å². The molecule has 3 aromatic heterocycles. The molecule has 0 bridgehead atoms. The van der Waals surface area contributed by atoms with Crippen molar-refractivity contribution in [3.8, 4) is 17.5 Å². The van der Waals surface area contributed by atoms with E-state index in [0.29, 0.717) is 48.4 Å². The maximum absolute atomic E-state index is 12.8. The van der Waals surface area contributed by atoms with Crippen LogP contribution in [0.1, 0.15) is 34.4 Å². The van der Waals surface area contributed by atoms with E-state index in [0.717, 1.165) is 11.3 Å². The highest BCUT2D eigenvalue weighted by Gasteiger charge is 2.32. The predicted octanol–water partition coefficient (Wildman–Crippen LogP) is 1.59. The lowest BCUT2D eigenvalue weighted by Crippen LogP contribution is -2.26. The molecule has 0 radical (unpaired) electrons. The SMILES string of the molecule is CCc1noc(-c2nn(C)c3c2CN(C(=O)c2ccc(OC)nc2)C3)n1. The zero-order valence-corrected chi connectivity index (χ0v) is 14.8. The van der Waals surface area contributed by atoms with Crippen LogP contribution in [-0.2, 0) is 26.6 Å². The fourth-order valence-corrected chi connectivity index (χ4v) is 3.01. The highest BCUT2D eigenvalue weighted by Crippen LogP contribution is 2.32. The number of amides is 1. The molecular weight excluding hydrogens is 336 g/mol. The van der Waals surface area contributed by atoms with Crippen LogP contribution in [-0.4, -0.2) is 42.8 Å². The number of pyridine rings is 1. The Morgan fingerprint density at radius 3 is 2.85 bits per heavy atom. The molecule has 26 heavy (non-hydrogen) atoms. The van der Waals surface area contributed by atoms with Crippen molar-refractivity contribution in [3.63, 3.8) is 0 Å². The molecule has 1 aliphatic rings. The summed E-state index contributed by atoms with van der Waals surface area (Å²) in [5.74, 6) is 1.40. The minimum atomic E-state index is -0.0953. The Balaban J connectivity index is 1.60. The Kier molecular flexibility index (Phi) is 3.90. The van der Waals surface area contributed by atoms with E-state index in [1.807, 2.05) is 14.0 Å². The largest absolute Gasteiger partial charge is 0.481 e. The number of carbonyl (C=O) groups excluding carboxylic acids is 1. The van der Waals surface area contributed by atoms with Crippen LogP contribution in [0.25, 0.3) is 11.6 Å². The van der Waals surface area contributed by atoms with Crippen molar-refractivity contribution in [2.75, 3.05) is 7.11 Å². The summed E-state index contributed by atoms with van der Waals surface area (Å²) in [5, 5.41) is 8.42. The number of fused-ring (bicyclic) bond motifs is 1. The number of hydrogen-bond acceptors (Lipinski definition) is 7. The van der Waals surface area contributed by atoms with Gasteiger partial charge in [0.25, 0.3) is 11.8 Å². The lowest BCUT2D eigenvalue weighted by molar-refractivity contribution is 0.0748. The molecule has 0 spiro atoms. The highest BCUT2D eigenvalue weighted by atomic mass is 16.5. The molecule has 4 heterocycles. The summed E-state index contributed by atoms with van der Waals surface area (Å²) in [4.78, 5) is 23.0. The predicted molar refractivity (Wildman–Crippen MR) is 90.2 cm³/mol. The molecule has 3 aromatic rings. The minimum absolute atomic E-state index is 0.0953. The fourth-order valence-electron chi connectivity index (χ4n) is 3.01. The van der Waals surface area contributed by atoms with E-state index < -0.39 is 0 Å². The molecule has 0 aromatic carbocycles. The summed E-state index contributed by atoms with van der Waals surface area (Å²) in [7, 11) is 3.39. The summed E-state index contributed by atoms with van der Waals surface area (Å²) in [6, 6.07) is 3.38. The normalized spacial score (nSPS) is 13.1. The van der Waals surface area contributed by atoms with E-state index >= 15 is 0 Å². The van der Waals surface area contributed by atoms with E-state index in [9.17, 15) is 4.79 Å². The molecular formula is C17H18N6O3. The number of aryl methyl sites for hydroxylation is 2. The van der Waals surface area contributed by atoms with E-state index in [1.54, 1.807) is 21.7 Å². The highest BCUT2D eigenvalue weighted by molar-refractivity contribution is 5.94. The first-order valence-electron chi connectivity index (χ1n) is 8.27. The van der Waals surface area contributed by atoms with Gasteiger partial charge in [-0.3, -0.25) is 9.48 Å². The van der Waals surface area contributed by atoms with Gasteiger partial charge in [0.05, 0.1) is 31.5 Å². The van der Waals surface area contributed by atoms with Crippen molar-refractivity contribution in [2.24, 2.45) is 7.05 Å². The van der Waals surface area contributed by atoms with Crippen molar-refractivity contribution in [1.82, 2.24) is 29.8 Å². The van der Waals surface area contributed by atoms with Gasteiger partial charge in [0.15, 0.2) is 11.5 Å². The van der Waals surface area contributed by atoms with Crippen LogP contribution < -0.4 is 4.74 Å². The van der Waals surface area contributed by atoms with Crippen LogP contribution in [0.3, 0.4) is 0 Å². The Morgan fingerprint density at radius 1 is 1.35 bits per heavy atom. The third-order valence-corrected chi connectivity index (χ3v) is 4.43. The Labute approximate surface area is 149 Å². The number of hydrogen-bond donors (Lipinski definition) is 0. The van der Waals surface area contributed by atoms with Crippen LogP contribution >= 0.6 is 0 Å². The quantitative estimate of drug-likeness (QED) is 0.701. The molecule has 0 saturated carbocycles. The summed E-state index contributed by atoms with van der Waals surface area (Å²) in [5.41, 5.74) is 3.05. The first kappa shape index (κ1) is 16.2. The maximum Gasteiger partial charge on any atom is 0.278 e. The number of ether oxygens (including phenoxy) is 1. The third kappa shape index (κ3) is 2.61. The smallest absolute Gasteiger partial charge is 0.278 e. The van der Waals surface area contributed by atoms with Crippen LogP contribution in [0, 0.1) is 0 Å². The number of rotatable bonds is 4. The van der Waals surface area contributed by atoms with Crippen LogP contribution in [0.4, 0.5) is 0 Å². The Bertz CT molecular complexity index is 960. The van der Waals surface area contributed by atoms with Gasteiger partial charge in [-0.15, -0.1) is 0 Å². The zero-order valence-electron chi connectivity index (χ0n) is 14.8. The number of nitrogens with zero attached hydrogens (tertiary/aromatic N) is 6. The Hall–Kier alpha value is -3.23. The standard InChI is InChI=1S/C17H18N6O3/c1-4-13-19-16(26-21-13)15-11-8-23(9-12(11)22(2)20-15)17(24)10-5-6-14(25-3)18-7-10/h5-7H,4,8-9H2,1-3H3. The van der Waals surface area contributed by atoms with Gasteiger partial charge >= 0.3 is 0 Å². The zero-order chi connectivity index (χ0) is 18.3. The average Bonchev–Trinajstić information content (AvgIpc) is 3.38. The molecule has 1 amide bonds. The van der Waals surface area contributed by atoms with Gasteiger partial charge in [-0.05, 0) is 6.07 Å². The number of carbonyl (C=O) groups is 1. The molecule has 0 N–H and O–H groups in total. The second kappa shape index (κ2) is 6.25. The molecule has 4 rings (SSSR count). The molecule has 9 heteroatoms. The monoisotopic (exact) mass is 354 g/mol. The van der Waals surface area contributed by atoms with Gasteiger partial charge in [-0.2, -0.15) is 10.1 Å². The van der Waals surface area contributed by atoms with Gasteiger partial charge in [-0.25, -0.2) is 4.98 Å². The summed E-state index contributed by atoms with van der Waals surface area (Å²) >= 11 is 0. The fraction of sp³-hybridized carbons (Fsp3) is 0.353. The van der Waals surface area contributed by atoms with Crippen molar-refractivity contribution < 1.29 is 14.1 Å². The second-order valence-corrected chi connectivity index (χ2v) is 6.02. The third-order valence-electron chi connectivity index (χ3n) is 4.43. The summed E-state index contributed by atoms with van der Waals surface area (Å²) in [6.07, 6.45) is 2.21. The van der Waals surface area contributed by atoms with E-state index in [-0.39, 0.29) is 5.91 Å². The molecule has 1 aliphatic heterocycles. The average molecular weight is 354 g/mol. The van der Waals surface area contributed by atoms with Crippen LogP contribution in [0.2, 0.25) is 0 Å². The molecule has 9 nitrogen and oxygen atoms in total. The molecule has 0 unspecified atom stereocenters. The minimum Gasteiger partial charge on any atom is -0.481 e. The van der Waals surface area contributed by atoms with Gasteiger partial charge in [0.2, 0.25) is 5.88 Å². The first-order chi connectivity index (χ1) is 12.6. The lowest BCUT2D eigenvalue weighted by Gasteiger charge is -2.16. The molecule has 134 valence electrons. The van der Waals surface area contributed by atoms with Gasteiger partial charge in [0.1, 0.15) is 0 Å². The van der Waals surface area contributed by atoms with Gasteiger partial charge in [0, 0.05) is 31.3 Å². The molecule has 0 fully saturated rings. The molecule has 0 aliphatic carbocycles. The number of aromatic nitrogens is 5. The van der Waals surface area contributed by atoms with Crippen molar-refractivity contribution in [1.29, 1.82) is 0 Å². The van der Waals surface area contributed by atoms with Gasteiger partial charge in [-0.1, -0.05) is 12.1 Å².